The standard InChI is InChI=1S/C14H30N2O/c1-6-7-15-13(14(3,4)5)11-16-8-9-17-12(2)10-16/h12-13,15H,6-11H2,1-5H3. The van der Waals surface area contributed by atoms with Crippen molar-refractivity contribution in [3.8, 4) is 0 Å². The molecule has 0 spiro atoms. The minimum absolute atomic E-state index is 0.316. The van der Waals surface area contributed by atoms with E-state index in [4.69, 9.17) is 4.74 Å². The number of rotatable bonds is 5. The molecule has 2 unspecified atom stereocenters. The highest BCUT2D eigenvalue weighted by Crippen LogP contribution is 2.21. The molecule has 0 aliphatic carbocycles. The summed E-state index contributed by atoms with van der Waals surface area (Å²) in [6.07, 6.45) is 1.59. The fraction of sp³-hybridized carbons (Fsp3) is 1.00. The third-order valence-corrected chi connectivity index (χ3v) is 3.45. The van der Waals surface area contributed by atoms with E-state index >= 15 is 0 Å². The molecule has 1 fully saturated rings. The summed E-state index contributed by atoms with van der Waals surface area (Å²) in [4.78, 5) is 2.53. The summed E-state index contributed by atoms with van der Waals surface area (Å²) < 4.78 is 5.59. The maximum Gasteiger partial charge on any atom is 0.0674 e. The molecule has 0 amide bonds. The van der Waals surface area contributed by atoms with Crippen LogP contribution in [0.3, 0.4) is 0 Å². The van der Waals surface area contributed by atoms with Crippen molar-refractivity contribution in [2.45, 2.75) is 53.2 Å². The summed E-state index contributed by atoms with van der Waals surface area (Å²) in [6, 6.07) is 0.563. The van der Waals surface area contributed by atoms with E-state index in [0.717, 1.165) is 32.8 Å². The van der Waals surface area contributed by atoms with E-state index in [0.29, 0.717) is 17.6 Å². The van der Waals surface area contributed by atoms with Crippen molar-refractivity contribution in [3.63, 3.8) is 0 Å². The SMILES string of the molecule is CCCNC(CN1CCOC(C)C1)C(C)(C)C. The average molecular weight is 242 g/mol. The van der Waals surface area contributed by atoms with Gasteiger partial charge in [-0.25, -0.2) is 0 Å². The number of nitrogens with one attached hydrogen (secondary N) is 1. The molecular formula is C14H30N2O. The van der Waals surface area contributed by atoms with E-state index in [9.17, 15) is 0 Å². The smallest absolute Gasteiger partial charge is 0.0674 e. The minimum atomic E-state index is 0.316. The number of ether oxygens (including phenoxy) is 1. The summed E-state index contributed by atoms with van der Waals surface area (Å²) in [6.45, 7) is 16.6. The first-order valence-electron chi connectivity index (χ1n) is 7.00. The topological polar surface area (TPSA) is 24.5 Å². The van der Waals surface area contributed by atoms with Crippen LogP contribution >= 0.6 is 0 Å². The molecule has 0 radical (unpaired) electrons. The lowest BCUT2D eigenvalue weighted by Gasteiger charge is -2.39. The monoisotopic (exact) mass is 242 g/mol. The van der Waals surface area contributed by atoms with E-state index in [2.05, 4.69) is 44.8 Å². The largest absolute Gasteiger partial charge is 0.376 e. The lowest BCUT2D eigenvalue weighted by atomic mass is 9.86. The molecule has 1 aliphatic heterocycles. The zero-order valence-electron chi connectivity index (χ0n) is 12.3. The first-order valence-corrected chi connectivity index (χ1v) is 7.00. The summed E-state index contributed by atoms with van der Waals surface area (Å²) in [5.41, 5.74) is 0.316. The highest BCUT2D eigenvalue weighted by molar-refractivity contribution is 4.84. The molecule has 0 aromatic heterocycles. The highest BCUT2D eigenvalue weighted by Gasteiger charge is 2.27. The van der Waals surface area contributed by atoms with E-state index < -0.39 is 0 Å². The van der Waals surface area contributed by atoms with Gasteiger partial charge in [0.15, 0.2) is 0 Å². The van der Waals surface area contributed by atoms with Crippen molar-refractivity contribution in [2.75, 3.05) is 32.8 Å². The second kappa shape index (κ2) is 6.72. The number of hydrogen-bond acceptors (Lipinski definition) is 3. The van der Waals surface area contributed by atoms with E-state index in [1.807, 2.05) is 0 Å². The van der Waals surface area contributed by atoms with Crippen LogP contribution < -0.4 is 5.32 Å². The molecule has 1 saturated heterocycles. The number of morpholine rings is 1. The lowest BCUT2D eigenvalue weighted by Crippen LogP contribution is -2.52. The molecule has 3 nitrogen and oxygen atoms in total. The Morgan fingerprint density at radius 2 is 2.12 bits per heavy atom. The van der Waals surface area contributed by atoms with Gasteiger partial charge in [-0.05, 0) is 25.3 Å². The molecule has 0 aromatic carbocycles. The third kappa shape index (κ3) is 5.36. The molecule has 0 aromatic rings. The van der Waals surface area contributed by atoms with Crippen LogP contribution in [0.4, 0.5) is 0 Å². The predicted octanol–water partition coefficient (Wildman–Crippen LogP) is 2.12. The molecule has 1 aliphatic rings. The Labute approximate surface area is 107 Å². The van der Waals surface area contributed by atoms with Gasteiger partial charge in [0.05, 0.1) is 12.7 Å². The molecule has 102 valence electrons. The Morgan fingerprint density at radius 3 is 2.65 bits per heavy atom. The second-order valence-electron chi connectivity index (χ2n) is 6.31. The Bertz CT molecular complexity index is 213. The van der Waals surface area contributed by atoms with Crippen LogP contribution in [0, 0.1) is 5.41 Å². The fourth-order valence-corrected chi connectivity index (χ4v) is 2.28. The van der Waals surface area contributed by atoms with Crippen molar-refractivity contribution >= 4 is 0 Å². The van der Waals surface area contributed by atoms with Crippen LogP contribution in [-0.4, -0.2) is 49.8 Å². The molecule has 1 heterocycles. The third-order valence-electron chi connectivity index (χ3n) is 3.45. The summed E-state index contributed by atoms with van der Waals surface area (Å²) in [7, 11) is 0. The van der Waals surface area contributed by atoms with Crippen molar-refractivity contribution < 1.29 is 4.74 Å². The first kappa shape index (κ1) is 14.9. The highest BCUT2D eigenvalue weighted by atomic mass is 16.5. The summed E-state index contributed by atoms with van der Waals surface area (Å²) in [5.74, 6) is 0. The van der Waals surface area contributed by atoms with Gasteiger partial charge in [0, 0.05) is 25.7 Å². The fourth-order valence-electron chi connectivity index (χ4n) is 2.28. The molecule has 1 N–H and O–H groups in total. The Hall–Kier alpha value is -0.120. The minimum Gasteiger partial charge on any atom is -0.376 e. The second-order valence-corrected chi connectivity index (χ2v) is 6.31. The zero-order chi connectivity index (χ0) is 12.9. The van der Waals surface area contributed by atoms with Crippen LogP contribution in [0.1, 0.15) is 41.0 Å². The molecule has 0 saturated carbocycles. The molecule has 2 atom stereocenters. The van der Waals surface area contributed by atoms with Gasteiger partial charge in [-0.15, -0.1) is 0 Å². The van der Waals surface area contributed by atoms with Gasteiger partial charge >= 0.3 is 0 Å². The van der Waals surface area contributed by atoms with Crippen molar-refractivity contribution in [3.05, 3.63) is 0 Å². The van der Waals surface area contributed by atoms with Gasteiger partial charge in [0.2, 0.25) is 0 Å². The van der Waals surface area contributed by atoms with E-state index in [1.54, 1.807) is 0 Å². The summed E-state index contributed by atoms with van der Waals surface area (Å²) in [5, 5.41) is 3.69. The maximum absolute atomic E-state index is 5.59. The van der Waals surface area contributed by atoms with Crippen molar-refractivity contribution in [1.82, 2.24) is 10.2 Å². The van der Waals surface area contributed by atoms with Crippen LogP contribution in [0.25, 0.3) is 0 Å². The summed E-state index contributed by atoms with van der Waals surface area (Å²) >= 11 is 0. The molecule has 3 heteroatoms. The van der Waals surface area contributed by atoms with Crippen LogP contribution in [0.5, 0.6) is 0 Å². The van der Waals surface area contributed by atoms with Crippen LogP contribution in [-0.2, 0) is 4.74 Å². The first-order chi connectivity index (χ1) is 7.93. The van der Waals surface area contributed by atoms with E-state index in [-0.39, 0.29) is 0 Å². The quantitative estimate of drug-likeness (QED) is 0.799. The molecule has 0 bridgehead atoms. The van der Waals surface area contributed by atoms with Crippen molar-refractivity contribution in [2.24, 2.45) is 5.41 Å². The van der Waals surface area contributed by atoms with Gasteiger partial charge < -0.3 is 10.1 Å². The Balaban J connectivity index is 2.47. The van der Waals surface area contributed by atoms with Crippen LogP contribution in [0.15, 0.2) is 0 Å². The Morgan fingerprint density at radius 1 is 1.41 bits per heavy atom. The van der Waals surface area contributed by atoms with Crippen LogP contribution in [0.2, 0.25) is 0 Å². The van der Waals surface area contributed by atoms with Crippen molar-refractivity contribution in [1.29, 1.82) is 0 Å². The molecule has 17 heavy (non-hydrogen) atoms. The van der Waals surface area contributed by atoms with E-state index in [1.165, 1.54) is 6.42 Å². The molecule has 1 rings (SSSR count). The van der Waals surface area contributed by atoms with Gasteiger partial charge in [-0.3, -0.25) is 4.90 Å². The number of nitrogens with zero attached hydrogens (tertiary/aromatic N) is 1. The maximum atomic E-state index is 5.59. The zero-order valence-corrected chi connectivity index (χ0v) is 12.3. The van der Waals surface area contributed by atoms with Gasteiger partial charge in [0.25, 0.3) is 0 Å². The Kier molecular flexibility index (Phi) is 5.90. The predicted molar refractivity (Wildman–Crippen MR) is 73.4 cm³/mol. The van der Waals surface area contributed by atoms with Gasteiger partial charge in [0.1, 0.15) is 0 Å². The van der Waals surface area contributed by atoms with Gasteiger partial charge in [-0.1, -0.05) is 27.7 Å². The van der Waals surface area contributed by atoms with Gasteiger partial charge in [-0.2, -0.15) is 0 Å². The normalized spacial score (nSPS) is 24.9. The number of hydrogen-bond donors (Lipinski definition) is 1. The average Bonchev–Trinajstić information content (AvgIpc) is 2.22. The lowest BCUT2D eigenvalue weighted by molar-refractivity contribution is -0.0251. The molecular weight excluding hydrogens is 212 g/mol.